The average Bonchev–Trinajstić information content (AvgIpc) is 3.19. The van der Waals surface area contributed by atoms with Crippen molar-refractivity contribution in [1.29, 1.82) is 0 Å². The van der Waals surface area contributed by atoms with E-state index in [0.717, 1.165) is 38.6 Å². The molecule has 4 nitrogen and oxygen atoms in total. The van der Waals surface area contributed by atoms with Gasteiger partial charge in [0.2, 0.25) is 0 Å². The molecule has 4 rings (SSSR count). The Morgan fingerprint density at radius 1 is 1.00 bits per heavy atom. The van der Waals surface area contributed by atoms with Gasteiger partial charge in [-0.25, -0.2) is 0 Å². The lowest BCUT2D eigenvalue weighted by Gasteiger charge is -2.39. The first-order valence-electron chi connectivity index (χ1n) is 9.55. The van der Waals surface area contributed by atoms with E-state index in [9.17, 15) is 0 Å². The summed E-state index contributed by atoms with van der Waals surface area (Å²) in [6, 6.07) is 13.4. The van der Waals surface area contributed by atoms with Crippen LogP contribution in [-0.4, -0.2) is 55.2 Å². The first kappa shape index (κ1) is 16.8. The molecule has 0 N–H and O–H groups in total. The average molecular weight is 340 g/mol. The van der Waals surface area contributed by atoms with Crippen LogP contribution in [0.3, 0.4) is 0 Å². The molecule has 1 aromatic carbocycles. The van der Waals surface area contributed by atoms with Crippen molar-refractivity contribution in [2.24, 2.45) is 0 Å². The molecular formula is C21H28N2O2. The van der Waals surface area contributed by atoms with Gasteiger partial charge >= 0.3 is 0 Å². The zero-order valence-electron chi connectivity index (χ0n) is 14.9. The first-order chi connectivity index (χ1) is 12.4. The van der Waals surface area contributed by atoms with E-state index < -0.39 is 0 Å². The monoisotopic (exact) mass is 340 g/mol. The Balaban J connectivity index is 1.43. The highest BCUT2D eigenvalue weighted by Gasteiger charge is 2.25. The van der Waals surface area contributed by atoms with Crippen LogP contribution in [-0.2, 0) is 11.3 Å². The van der Waals surface area contributed by atoms with Gasteiger partial charge in [-0.15, -0.1) is 0 Å². The summed E-state index contributed by atoms with van der Waals surface area (Å²) < 4.78 is 11.0. The quantitative estimate of drug-likeness (QED) is 0.831. The van der Waals surface area contributed by atoms with E-state index in [0.29, 0.717) is 6.04 Å². The van der Waals surface area contributed by atoms with Gasteiger partial charge in [0.25, 0.3) is 0 Å². The summed E-state index contributed by atoms with van der Waals surface area (Å²) in [4.78, 5) is 5.26. The summed E-state index contributed by atoms with van der Waals surface area (Å²) in [5.41, 5.74) is 2.55. The number of ether oxygens (including phenoxy) is 1. The van der Waals surface area contributed by atoms with Crippen LogP contribution in [0.1, 0.15) is 24.8 Å². The molecule has 25 heavy (non-hydrogen) atoms. The van der Waals surface area contributed by atoms with Gasteiger partial charge in [0.1, 0.15) is 5.76 Å². The molecule has 0 unspecified atom stereocenters. The molecule has 134 valence electrons. The predicted molar refractivity (Wildman–Crippen MR) is 99.5 cm³/mol. The third-order valence-electron chi connectivity index (χ3n) is 5.44. The normalized spacial score (nSPS) is 23.0. The SMILES string of the molecule is c1cc(CN2CCCC[C@@H]2CN2CCOCC2)cc(-c2ccco2)c1. The van der Waals surface area contributed by atoms with Crippen LogP contribution in [0, 0.1) is 0 Å². The lowest BCUT2D eigenvalue weighted by molar-refractivity contribution is 0.0153. The van der Waals surface area contributed by atoms with E-state index in [-0.39, 0.29) is 0 Å². The van der Waals surface area contributed by atoms with Gasteiger partial charge in [-0.2, -0.15) is 0 Å². The van der Waals surface area contributed by atoms with E-state index in [1.807, 2.05) is 12.1 Å². The molecule has 2 aliphatic rings. The number of furan rings is 1. The summed E-state index contributed by atoms with van der Waals surface area (Å²) >= 11 is 0. The maximum Gasteiger partial charge on any atom is 0.133 e. The predicted octanol–water partition coefficient (Wildman–Crippen LogP) is 3.63. The zero-order valence-corrected chi connectivity index (χ0v) is 14.9. The highest BCUT2D eigenvalue weighted by atomic mass is 16.5. The maximum atomic E-state index is 5.55. The molecule has 2 aromatic rings. The van der Waals surface area contributed by atoms with Crippen molar-refractivity contribution in [2.45, 2.75) is 31.8 Å². The van der Waals surface area contributed by atoms with Crippen molar-refractivity contribution in [3.8, 4) is 11.3 Å². The van der Waals surface area contributed by atoms with Crippen LogP contribution in [0.25, 0.3) is 11.3 Å². The highest BCUT2D eigenvalue weighted by Crippen LogP contribution is 2.24. The van der Waals surface area contributed by atoms with Crippen molar-refractivity contribution < 1.29 is 9.15 Å². The van der Waals surface area contributed by atoms with E-state index >= 15 is 0 Å². The fourth-order valence-corrected chi connectivity index (χ4v) is 4.06. The molecule has 0 bridgehead atoms. The van der Waals surface area contributed by atoms with Gasteiger partial charge in [0, 0.05) is 37.8 Å². The number of piperidine rings is 1. The second kappa shape index (κ2) is 8.17. The fourth-order valence-electron chi connectivity index (χ4n) is 4.06. The molecule has 3 heterocycles. The third-order valence-corrected chi connectivity index (χ3v) is 5.44. The Bertz CT molecular complexity index is 650. The van der Waals surface area contributed by atoms with Crippen molar-refractivity contribution in [3.63, 3.8) is 0 Å². The van der Waals surface area contributed by atoms with Crippen molar-refractivity contribution >= 4 is 0 Å². The molecule has 1 aromatic heterocycles. The molecular weight excluding hydrogens is 312 g/mol. The number of hydrogen-bond donors (Lipinski definition) is 0. The highest BCUT2D eigenvalue weighted by molar-refractivity contribution is 5.58. The Hall–Kier alpha value is -1.62. The summed E-state index contributed by atoms with van der Waals surface area (Å²) in [6.07, 6.45) is 5.73. The second-order valence-corrected chi connectivity index (χ2v) is 7.21. The minimum Gasteiger partial charge on any atom is -0.464 e. The van der Waals surface area contributed by atoms with Crippen LogP contribution < -0.4 is 0 Å². The first-order valence-corrected chi connectivity index (χ1v) is 9.55. The van der Waals surface area contributed by atoms with Crippen molar-refractivity contribution in [3.05, 3.63) is 48.2 Å². The number of likely N-dealkylation sites (tertiary alicyclic amines) is 1. The largest absolute Gasteiger partial charge is 0.464 e. The number of nitrogens with zero attached hydrogens (tertiary/aromatic N) is 2. The molecule has 0 saturated carbocycles. The smallest absolute Gasteiger partial charge is 0.133 e. The summed E-state index contributed by atoms with van der Waals surface area (Å²) in [6.45, 7) is 7.36. The Morgan fingerprint density at radius 2 is 1.92 bits per heavy atom. The van der Waals surface area contributed by atoms with Crippen LogP contribution in [0.15, 0.2) is 47.1 Å². The Labute approximate surface area is 150 Å². The number of hydrogen-bond acceptors (Lipinski definition) is 4. The van der Waals surface area contributed by atoms with E-state index in [2.05, 4.69) is 34.1 Å². The van der Waals surface area contributed by atoms with Crippen LogP contribution in [0.5, 0.6) is 0 Å². The molecule has 0 amide bonds. The van der Waals surface area contributed by atoms with Crippen LogP contribution >= 0.6 is 0 Å². The van der Waals surface area contributed by atoms with Gasteiger partial charge in [-0.3, -0.25) is 9.80 Å². The molecule has 0 radical (unpaired) electrons. The van der Waals surface area contributed by atoms with Gasteiger partial charge in [-0.1, -0.05) is 24.6 Å². The summed E-state index contributed by atoms with van der Waals surface area (Å²) in [7, 11) is 0. The topological polar surface area (TPSA) is 28.9 Å². The van der Waals surface area contributed by atoms with E-state index in [1.54, 1.807) is 6.26 Å². The molecule has 1 atom stereocenters. The summed E-state index contributed by atoms with van der Waals surface area (Å²) in [5.74, 6) is 0.949. The fraction of sp³-hybridized carbons (Fsp3) is 0.524. The molecule has 2 fully saturated rings. The maximum absolute atomic E-state index is 5.55. The molecule has 4 heteroatoms. The summed E-state index contributed by atoms with van der Waals surface area (Å²) in [5, 5.41) is 0. The van der Waals surface area contributed by atoms with E-state index in [1.165, 1.54) is 43.5 Å². The third kappa shape index (κ3) is 4.32. The van der Waals surface area contributed by atoms with Gasteiger partial charge in [0.15, 0.2) is 0 Å². The second-order valence-electron chi connectivity index (χ2n) is 7.21. The Kier molecular flexibility index (Phi) is 5.50. The minimum absolute atomic E-state index is 0.666. The molecule has 0 aliphatic carbocycles. The lowest BCUT2D eigenvalue weighted by Crippen LogP contribution is -2.49. The Morgan fingerprint density at radius 3 is 2.76 bits per heavy atom. The van der Waals surface area contributed by atoms with Crippen LogP contribution in [0.4, 0.5) is 0 Å². The van der Waals surface area contributed by atoms with Gasteiger partial charge in [-0.05, 0) is 43.1 Å². The van der Waals surface area contributed by atoms with E-state index in [4.69, 9.17) is 9.15 Å². The van der Waals surface area contributed by atoms with Crippen LogP contribution in [0.2, 0.25) is 0 Å². The number of rotatable bonds is 5. The lowest BCUT2D eigenvalue weighted by atomic mass is 9.99. The number of benzene rings is 1. The minimum atomic E-state index is 0.666. The zero-order chi connectivity index (χ0) is 16.9. The molecule has 2 saturated heterocycles. The van der Waals surface area contributed by atoms with Gasteiger partial charge in [0.05, 0.1) is 19.5 Å². The van der Waals surface area contributed by atoms with Crippen molar-refractivity contribution in [2.75, 3.05) is 39.4 Å². The van der Waals surface area contributed by atoms with Crippen molar-refractivity contribution in [1.82, 2.24) is 9.80 Å². The molecule has 0 spiro atoms. The number of morpholine rings is 1. The standard InChI is InChI=1S/C21H28N2O2/c1-2-9-23(20(7-1)17-22-10-13-24-14-11-22)16-18-5-3-6-19(15-18)21-8-4-12-25-21/h3-6,8,12,15,20H,1-2,7,9-11,13-14,16-17H2/t20-/m1/s1. The molecule has 2 aliphatic heterocycles. The van der Waals surface area contributed by atoms with Gasteiger partial charge < -0.3 is 9.15 Å².